The smallest absolute Gasteiger partial charge is 0.255 e. The number of aromatic nitrogens is 1. The van der Waals surface area contributed by atoms with Crippen molar-refractivity contribution in [3.05, 3.63) is 29.8 Å². The van der Waals surface area contributed by atoms with Gasteiger partial charge >= 0.3 is 0 Å². The van der Waals surface area contributed by atoms with Crippen LogP contribution < -0.4 is 5.32 Å². The van der Waals surface area contributed by atoms with E-state index in [9.17, 15) is 9.18 Å². The normalized spacial score (nSPS) is 20.3. The molecular formula is C14H20Cl2FN3O. The Morgan fingerprint density at radius 3 is 2.67 bits per heavy atom. The topological polar surface area (TPSA) is 45.2 Å². The summed E-state index contributed by atoms with van der Waals surface area (Å²) < 4.78 is 13.2. The number of nitrogens with one attached hydrogen (secondary N) is 1. The van der Waals surface area contributed by atoms with Crippen LogP contribution in [0.15, 0.2) is 18.5 Å². The monoisotopic (exact) mass is 335 g/mol. The molecule has 118 valence electrons. The van der Waals surface area contributed by atoms with E-state index in [1.54, 1.807) is 0 Å². The van der Waals surface area contributed by atoms with E-state index in [0.717, 1.165) is 38.5 Å². The average Bonchev–Trinajstić information content (AvgIpc) is 3.12. The molecule has 4 nitrogen and oxygen atoms in total. The summed E-state index contributed by atoms with van der Waals surface area (Å²) in [6.45, 7) is 1.75. The molecule has 21 heavy (non-hydrogen) atoms. The van der Waals surface area contributed by atoms with Gasteiger partial charge in [0.05, 0.1) is 11.8 Å². The first-order valence-corrected chi connectivity index (χ1v) is 6.89. The SMILES string of the molecule is Cl.Cl.O=C(c1cncc(F)c1)N(CC1CCCN1)C1CC1. The zero-order chi connectivity index (χ0) is 13.2. The maximum atomic E-state index is 13.2. The molecule has 1 N–H and O–H groups in total. The first-order valence-electron chi connectivity index (χ1n) is 6.89. The number of pyridine rings is 1. The molecule has 3 rings (SSSR count). The molecular weight excluding hydrogens is 316 g/mol. The molecule has 2 fully saturated rings. The van der Waals surface area contributed by atoms with Gasteiger partial charge in [-0.1, -0.05) is 0 Å². The molecule has 0 spiro atoms. The second-order valence-electron chi connectivity index (χ2n) is 5.37. The third-order valence-electron chi connectivity index (χ3n) is 3.78. The molecule has 0 radical (unpaired) electrons. The van der Waals surface area contributed by atoms with Crippen LogP contribution in [-0.2, 0) is 0 Å². The van der Waals surface area contributed by atoms with E-state index in [1.807, 2.05) is 4.90 Å². The standard InChI is InChI=1S/C14H18FN3O.2ClH/c15-11-6-10(7-16-8-11)14(19)18(13-3-4-13)9-12-2-1-5-17-12;;/h6-8,12-13,17H,1-5,9H2;2*1H. The van der Waals surface area contributed by atoms with Gasteiger partial charge in [0, 0.05) is 24.8 Å². The number of nitrogens with zero attached hydrogens (tertiary/aromatic N) is 2. The number of carbonyl (C=O) groups excluding carboxylic acids is 1. The van der Waals surface area contributed by atoms with Crippen molar-refractivity contribution in [2.75, 3.05) is 13.1 Å². The van der Waals surface area contributed by atoms with Gasteiger partial charge in [-0.05, 0) is 38.3 Å². The summed E-state index contributed by atoms with van der Waals surface area (Å²) in [5.74, 6) is -0.552. The lowest BCUT2D eigenvalue weighted by Crippen LogP contribution is -2.42. The second-order valence-corrected chi connectivity index (χ2v) is 5.37. The Kier molecular flexibility index (Phi) is 6.84. The van der Waals surface area contributed by atoms with Gasteiger partial charge in [-0.2, -0.15) is 0 Å². The highest BCUT2D eigenvalue weighted by atomic mass is 35.5. The highest BCUT2D eigenvalue weighted by Gasteiger charge is 2.35. The van der Waals surface area contributed by atoms with Gasteiger partial charge in [0.1, 0.15) is 5.82 Å². The lowest BCUT2D eigenvalue weighted by atomic mass is 10.2. The van der Waals surface area contributed by atoms with Crippen LogP contribution in [0.2, 0.25) is 0 Å². The average molecular weight is 336 g/mol. The van der Waals surface area contributed by atoms with Gasteiger partial charge in [0.2, 0.25) is 0 Å². The van der Waals surface area contributed by atoms with Crippen molar-refractivity contribution >= 4 is 30.7 Å². The molecule has 1 aromatic rings. The summed E-state index contributed by atoms with van der Waals surface area (Å²) in [6, 6.07) is 1.98. The van der Waals surface area contributed by atoms with Crippen LogP contribution in [0.25, 0.3) is 0 Å². The lowest BCUT2D eigenvalue weighted by Gasteiger charge is -2.25. The fraction of sp³-hybridized carbons (Fsp3) is 0.571. The number of carbonyl (C=O) groups is 1. The quantitative estimate of drug-likeness (QED) is 0.919. The van der Waals surface area contributed by atoms with E-state index in [4.69, 9.17) is 0 Å². The maximum absolute atomic E-state index is 13.2. The van der Waals surface area contributed by atoms with Crippen LogP contribution in [0.3, 0.4) is 0 Å². The molecule has 1 aliphatic heterocycles. The van der Waals surface area contributed by atoms with Gasteiger partial charge in [-0.3, -0.25) is 9.78 Å². The van der Waals surface area contributed by atoms with Crippen molar-refractivity contribution in [1.29, 1.82) is 0 Å². The minimum absolute atomic E-state index is 0. The van der Waals surface area contributed by atoms with Gasteiger partial charge in [-0.15, -0.1) is 24.8 Å². The summed E-state index contributed by atoms with van der Waals surface area (Å²) in [7, 11) is 0. The molecule has 1 aromatic heterocycles. The first kappa shape index (κ1) is 18.1. The molecule has 0 bridgehead atoms. The molecule has 1 aliphatic carbocycles. The molecule has 2 aliphatic rings. The summed E-state index contributed by atoms with van der Waals surface area (Å²) >= 11 is 0. The third kappa shape index (κ3) is 4.53. The van der Waals surface area contributed by atoms with Gasteiger partial charge < -0.3 is 10.2 Å². The van der Waals surface area contributed by atoms with E-state index in [0.29, 0.717) is 17.6 Å². The fourth-order valence-electron chi connectivity index (χ4n) is 2.63. The molecule has 0 aromatic carbocycles. The van der Waals surface area contributed by atoms with Crippen molar-refractivity contribution < 1.29 is 9.18 Å². The molecule has 1 unspecified atom stereocenters. The Morgan fingerprint density at radius 1 is 1.33 bits per heavy atom. The lowest BCUT2D eigenvalue weighted by molar-refractivity contribution is 0.0727. The van der Waals surface area contributed by atoms with Crippen LogP contribution in [-0.4, -0.2) is 41.0 Å². The van der Waals surface area contributed by atoms with Crippen LogP contribution >= 0.6 is 24.8 Å². The number of amides is 1. The van der Waals surface area contributed by atoms with Crippen molar-refractivity contribution in [2.45, 2.75) is 37.8 Å². The zero-order valence-electron chi connectivity index (χ0n) is 11.6. The summed E-state index contributed by atoms with van der Waals surface area (Å²) in [5.41, 5.74) is 0.352. The molecule has 1 atom stereocenters. The predicted octanol–water partition coefficient (Wildman–Crippen LogP) is 2.42. The predicted molar refractivity (Wildman–Crippen MR) is 83.8 cm³/mol. The molecule has 1 saturated heterocycles. The minimum Gasteiger partial charge on any atom is -0.334 e. The van der Waals surface area contributed by atoms with Crippen molar-refractivity contribution in [2.24, 2.45) is 0 Å². The Hall–Kier alpha value is -0.910. The second kappa shape index (κ2) is 7.92. The van der Waals surface area contributed by atoms with E-state index in [2.05, 4.69) is 10.3 Å². The van der Waals surface area contributed by atoms with E-state index in [1.165, 1.54) is 18.7 Å². The van der Waals surface area contributed by atoms with Crippen LogP contribution in [0.5, 0.6) is 0 Å². The number of hydrogen-bond donors (Lipinski definition) is 1. The van der Waals surface area contributed by atoms with Crippen molar-refractivity contribution in [1.82, 2.24) is 15.2 Å². The van der Waals surface area contributed by atoms with Gasteiger partial charge in [0.15, 0.2) is 0 Å². The van der Waals surface area contributed by atoms with Crippen LogP contribution in [0.4, 0.5) is 4.39 Å². The molecule has 1 saturated carbocycles. The van der Waals surface area contributed by atoms with Crippen LogP contribution in [0.1, 0.15) is 36.0 Å². The van der Waals surface area contributed by atoms with Gasteiger partial charge in [-0.25, -0.2) is 4.39 Å². The molecule has 2 heterocycles. The van der Waals surface area contributed by atoms with Crippen molar-refractivity contribution in [3.63, 3.8) is 0 Å². The summed E-state index contributed by atoms with van der Waals surface area (Å²) in [4.78, 5) is 18.1. The highest BCUT2D eigenvalue weighted by molar-refractivity contribution is 5.94. The Bertz CT molecular complexity index is 479. The van der Waals surface area contributed by atoms with E-state index >= 15 is 0 Å². The summed E-state index contributed by atoms with van der Waals surface area (Å²) in [6.07, 6.45) is 6.96. The van der Waals surface area contributed by atoms with E-state index in [-0.39, 0.29) is 30.7 Å². The van der Waals surface area contributed by atoms with Crippen molar-refractivity contribution in [3.8, 4) is 0 Å². The maximum Gasteiger partial charge on any atom is 0.255 e. The Morgan fingerprint density at radius 2 is 2.10 bits per heavy atom. The first-order chi connectivity index (χ1) is 9.24. The Labute approximate surface area is 136 Å². The molecule has 1 amide bonds. The number of halogens is 3. The fourth-order valence-corrected chi connectivity index (χ4v) is 2.63. The minimum atomic E-state index is -0.458. The third-order valence-corrected chi connectivity index (χ3v) is 3.78. The zero-order valence-corrected chi connectivity index (χ0v) is 13.3. The highest BCUT2D eigenvalue weighted by Crippen LogP contribution is 2.29. The van der Waals surface area contributed by atoms with Crippen LogP contribution in [0, 0.1) is 5.82 Å². The summed E-state index contributed by atoms with van der Waals surface area (Å²) in [5, 5.41) is 3.40. The van der Waals surface area contributed by atoms with E-state index < -0.39 is 5.82 Å². The molecule has 7 heteroatoms. The number of hydrogen-bond acceptors (Lipinski definition) is 3. The van der Waals surface area contributed by atoms with Gasteiger partial charge in [0.25, 0.3) is 5.91 Å². The number of rotatable bonds is 4. The largest absolute Gasteiger partial charge is 0.334 e. The Balaban J connectivity index is 0.00000110.